The van der Waals surface area contributed by atoms with E-state index < -0.39 is 92.0 Å². The molecule has 1 saturated heterocycles. The van der Waals surface area contributed by atoms with E-state index in [0.717, 1.165) is 6.07 Å². The number of carboxylic acid groups (broad SMARTS) is 1. The van der Waals surface area contributed by atoms with Crippen molar-refractivity contribution in [1.82, 2.24) is 9.03 Å². The maximum atomic E-state index is 15.4. The van der Waals surface area contributed by atoms with Crippen LogP contribution in [-0.2, 0) is 34.6 Å². The number of sulfonamides is 1. The smallest absolute Gasteiger partial charge is 0.314 e. The normalized spacial score (nSPS) is 20.9. The van der Waals surface area contributed by atoms with Crippen molar-refractivity contribution in [2.24, 2.45) is 5.92 Å². The summed E-state index contributed by atoms with van der Waals surface area (Å²) in [6.45, 7) is 2.83. The predicted molar refractivity (Wildman–Crippen MR) is 179 cm³/mol. The molecule has 0 radical (unpaired) electrons. The largest absolute Gasteiger partial charge is 0.481 e. The molecule has 1 aliphatic carbocycles. The van der Waals surface area contributed by atoms with Crippen molar-refractivity contribution < 1.29 is 40.7 Å². The fraction of sp³-hybridized carbons (Fsp3) is 0.375. The fourth-order valence-corrected chi connectivity index (χ4v) is 9.69. The monoisotopic (exact) mass is 741 g/mol. The molecule has 3 aromatic rings. The molecule has 1 amide bonds. The van der Waals surface area contributed by atoms with Crippen molar-refractivity contribution in [3.8, 4) is 0 Å². The van der Waals surface area contributed by atoms with E-state index in [4.69, 9.17) is 27.9 Å². The van der Waals surface area contributed by atoms with Crippen LogP contribution in [0.15, 0.2) is 72.8 Å². The quantitative estimate of drug-likeness (QED) is 0.234. The topological polar surface area (TPSA) is 150 Å². The summed E-state index contributed by atoms with van der Waals surface area (Å²) in [6, 6.07) is 16.1. The lowest BCUT2D eigenvalue weighted by molar-refractivity contribution is -0.184. The van der Waals surface area contributed by atoms with Crippen molar-refractivity contribution in [3.63, 3.8) is 0 Å². The highest BCUT2D eigenvalue weighted by Gasteiger charge is 2.49. The van der Waals surface area contributed by atoms with Crippen LogP contribution in [-0.4, -0.2) is 62.7 Å². The number of carbonyl (C=O) groups is 2. The third-order valence-electron chi connectivity index (χ3n) is 8.25. The standard InChI is InChI=1S/C32H34Cl2FN3O8S2/c1-19(2)27(18-37(26-9-4-3-8-25(26)35)48(44,45)36-47(42,43)24-14-15-24)38-30(20-10-12-22(33)13-11-20)31(21-6-5-7-23(34)16-21)46-28(32(38)41)17-29(39)40/h3-13,16,19,24,27-28,30-31,36H,14-15,17-18H2,1-2H3,(H,39,40)/t27-,28+,30-,31-/m1/s1. The predicted octanol–water partition coefficient (Wildman–Crippen LogP) is 5.47. The van der Waals surface area contributed by atoms with Gasteiger partial charge in [-0.05, 0) is 66.3 Å². The number of rotatable bonds is 13. The molecule has 0 spiro atoms. The van der Waals surface area contributed by atoms with Crippen LogP contribution in [0.3, 0.4) is 0 Å². The molecule has 5 rings (SSSR count). The molecule has 48 heavy (non-hydrogen) atoms. The lowest BCUT2D eigenvalue weighted by Crippen LogP contribution is -2.60. The van der Waals surface area contributed by atoms with E-state index in [9.17, 15) is 31.5 Å². The van der Waals surface area contributed by atoms with Crippen molar-refractivity contribution in [2.45, 2.75) is 62.7 Å². The second-order valence-corrected chi connectivity index (χ2v) is 16.8. The molecule has 4 atom stereocenters. The van der Waals surface area contributed by atoms with Crippen molar-refractivity contribution in [2.75, 3.05) is 10.8 Å². The van der Waals surface area contributed by atoms with Gasteiger partial charge in [0, 0.05) is 10.0 Å². The molecule has 0 bridgehead atoms. The Kier molecular flexibility index (Phi) is 10.7. The summed E-state index contributed by atoms with van der Waals surface area (Å²) in [5.41, 5.74) is 0.583. The van der Waals surface area contributed by atoms with E-state index in [1.54, 1.807) is 66.5 Å². The SMILES string of the molecule is CC(C)[C@@H](CN(c1ccccc1F)S(=O)(=O)NS(=O)(=O)C1CC1)N1C(=O)[C@H](CC(=O)O)O[C@H](c2cccc(Cl)c2)[C@H]1c1ccc(Cl)cc1. The van der Waals surface area contributed by atoms with Crippen LogP contribution in [0.2, 0.25) is 10.0 Å². The summed E-state index contributed by atoms with van der Waals surface area (Å²) >= 11 is 12.6. The number of carboxylic acids is 1. The van der Waals surface area contributed by atoms with Crippen LogP contribution in [0.25, 0.3) is 0 Å². The van der Waals surface area contributed by atoms with Crippen LogP contribution in [0.1, 0.15) is 56.4 Å². The molecule has 1 saturated carbocycles. The number of halogens is 3. The molecular weight excluding hydrogens is 708 g/mol. The van der Waals surface area contributed by atoms with Crippen LogP contribution in [0, 0.1) is 11.7 Å². The van der Waals surface area contributed by atoms with Gasteiger partial charge in [0.05, 0.1) is 36.0 Å². The highest BCUT2D eigenvalue weighted by molar-refractivity contribution is 8.05. The Morgan fingerprint density at radius 1 is 1.00 bits per heavy atom. The zero-order chi connectivity index (χ0) is 35.0. The van der Waals surface area contributed by atoms with Crippen LogP contribution >= 0.6 is 23.2 Å². The number of benzene rings is 3. The third-order valence-corrected chi connectivity index (χ3v) is 12.8. The van der Waals surface area contributed by atoms with Gasteiger partial charge < -0.3 is 14.7 Å². The Balaban J connectivity index is 1.69. The Hall–Kier alpha value is -3.27. The van der Waals surface area contributed by atoms with Gasteiger partial charge >= 0.3 is 16.2 Å². The number of nitrogens with zero attached hydrogens (tertiary/aromatic N) is 2. The molecule has 2 fully saturated rings. The van der Waals surface area contributed by atoms with Crippen LogP contribution in [0.5, 0.6) is 0 Å². The Bertz CT molecular complexity index is 1890. The molecule has 16 heteroatoms. The summed E-state index contributed by atoms with van der Waals surface area (Å²) in [5, 5.41) is 9.59. The van der Waals surface area contributed by atoms with Crippen molar-refractivity contribution in [1.29, 1.82) is 0 Å². The van der Waals surface area contributed by atoms with E-state index in [-0.39, 0.29) is 12.8 Å². The fourth-order valence-electron chi connectivity index (χ4n) is 5.77. The number of carbonyl (C=O) groups excluding carboxylic acids is 1. The number of ether oxygens (including phenoxy) is 1. The Morgan fingerprint density at radius 3 is 2.25 bits per heavy atom. The number of hydrogen-bond acceptors (Lipinski definition) is 7. The van der Waals surface area contributed by atoms with Gasteiger partial charge in [-0.25, -0.2) is 12.8 Å². The molecular formula is C32H34Cl2FN3O8S2. The van der Waals surface area contributed by atoms with E-state index in [0.29, 0.717) is 25.5 Å². The summed E-state index contributed by atoms with van der Waals surface area (Å²) in [4.78, 5) is 27.7. The second kappa shape index (κ2) is 14.3. The average molecular weight is 743 g/mol. The molecule has 1 aliphatic heterocycles. The highest BCUT2D eigenvalue weighted by Crippen LogP contribution is 2.45. The van der Waals surface area contributed by atoms with Gasteiger partial charge in [0.25, 0.3) is 5.91 Å². The first-order valence-electron chi connectivity index (χ1n) is 15.1. The first kappa shape index (κ1) is 36.0. The lowest BCUT2D eigenvalue weighted by Gasteiger charge is -2.50. The average Bonchev–Trinajstić information content (AvgIpc) is 3.86. The maximum absolute atomic E-state index is 15.4. The molecule has 2 aliphatic rings. The summed E-state index contributed by atoms with van der Waals surface area (Å²) < 4.78 is 77.6. The zero-order valence-corrected chi connectivity index (χ0v) is 29.0. The number of hydrogen-bond donors (Lipinski definition) is 2. The number of aliphatic carboxylic acids is 1. The van der Waals surface area contributed by atoms with Gasteiger partial charge in [-0.3, -0.25) is 13.9 Å². The van der Waals surface area contributed by atoms with Crippen molar-refractivity contribution >= 4 is 61.0 Å². The molecule has 258 valence electrons. The van der Waals surface area contributed by atoms with Crippen molar-refractivity contribution in [3.05, 3.63) is 99.8 Å². The lowest BCUT2D eigenvalue weighted by atomic mass is 9.88. The van der Waals surface area contributed by atoms with Crippen LogP contribution in [0.4, 0.5) is 10.1 Å². The summed E-state index contributed by atoms with van der Waals surface area (Å²) in [7, 11) is -9.30. The number of anilines is 1. The third kappa shape index (κ3) is 7.95. The molecule has 2 N–H and O–H groups in total. The van der Waals surface area contributed by atoms with E-state index in [1.165, 1.54) is 23.1 Å². The van der Waals surface area contributed by atoms with Gasteiger partial charge in [-0.1, -0.05) is 77.6 Å². The minimum atomic E-state index is -4.98. The number of nitrogens with one attached hydrogen (secondary N) is 1. The summed E-state index contributed by atoms with van der Waals surface area (Å²) in [6.07, 6.45) is -2.65. The van der Waals surface area contributed by atoms with E-state index in [1.807, 2.05) is 0 Å². The van der Waals surface area contributed by atoms with Crippen LogP contribution < -0.4 is 8.43 Å². The second-order valence-electron chi connectivity index (χ2n) is 12.1. The Labute approximate surface area is 288 Å². The maximum Gasteiger partial charge on any atom is 0.314 e. The van der Waals surface area contributed by atoms with Gasteiger partial charge in [-0.15, -0.1) is 0 Å². The molecule has 11 nitrogen and oxygen atoms in total. The first-order chi connectivity index (χ1) is 22.6. The number of para-hydroxylation sites is 1. The Morgan fingerprint density at radius 2 is 1.67 bits per heavy atom. The van der Waals surface area contributed by atoms with Gasteiger partial charge in [0.1, 0.15) is 18.0 Å². The van der Waals surface area contributed by atoms with E-state index >= 15 is 4.39 Å². The van der Waals surface area contributed by atoms with E-state index in [2.05, 4.69) is 0 Å². The van der Waals surface area contributed by atoms with Gasteiger partial charge in [-0.2, -0.15) is 8.42 Å². The molecule has 3 aromatic carbocycles. The zero-order valence-electron chi connectivity index (χ0n) is 25.9. The number of amides is 1. The van der Waals surface area contributed by atoms with Gasteiger partial charge in [0.2, 0.25) is 10.0 Å². The number of morpholine rings is 1. The first-order valence-corrected chi connectivity index (χ1v) is 18.8. The minimum absolute atomic E-state index is 0.278. The molecule has 0 unspecified atom stereocenters. The minimum Gasteiger partial charge on any atom is -0.481 e. The molecule has 1 heterocycles. The molecule has 0 aromatic heterocycles. The van der Waals surface area contributed by atoms with Gasteiger partial charge in [0.15, 0.2) is 0 Å². The highest BCUT2D eigenvalue weighted by atomic mass is 35.5. The summed E-state index contributed by atoms with van der Waals surface area (Å²) in [5.74, 6) is -3.55.